The van der Waals surface area contributed by atoms with Gasteiger partial charge in [-0.3, -0.25) is 0 Å². The Hall–Kier alpha value is -2.29. The summed E-state index contributed by atoms with van der Waals surface area (Å²) >= 11 is 0. The molecule has 1 fully saturated rings. The number of anilines is 1. The van der Waals surface area contributed by atoms with Gasteiger partial charge in [-0.2, -0.15) is 0 Å². The van der Waals surface area contributed by atoms with E-state index in [0.717, 1.165) is 12.1 Å². The fraction of sp³-hybridized carbons (Fsp3) is 0.350. The third-order valence-corrected chi connectivity index (χ3v) is 4.69. The Balaban J connectivity index is 1.90. The minimum absolute atomic E-state index is 0.0249. The monoisotopic (exact) mass is 308 g/mol. The molecule has 0 bridgehead atoms. The fourth-order valence-corrected chi connectivity index (χ4v) is 3.88. The van der Waals surface area contributed by atoms with Crippen molar-refractivity contribution in [3.8, 4) is 0 Å². The van der Waals surface area contributed by atoms with Gasteiger partial charge in [-0.15, -0.1) is 0 Å². The lowest BCUT2D eigenvalue weighted by molar-refractivity contribution is 0.170. The van der Waals surface area contributed by atoms with Crippen molar-refractivity contribution in [3.63, 3.8) is 0 Å². The van der Waals surface area contributed by atoms with E-state index >= 15 is 0 Å². The number of carbonyl (C=O) groups excluding carboxylic acids is 1. The molecule has 3 heteroatoms. The van der Waals surface area contributed by atoms with Gasteiger partial charge in [-0.05, 0) is 36.5 Å². The van der Waals surface area contributed by atoms with Crippen LogP contribution in [0.1, 0.15) is 38.8 Å². The highest BCUT2D eigenvalue weighted by molar-refractivity contribution is 5.90. The summed E-state index contributed by atoms with van der Waals surface area (Å²) in [4.78, 5) is 14.9. The number of nitrogens with zero attached hydrogens (tertiary/aromatic N) is 1. The van der Waals surface area contributed by atoms with Crippen molar-refractivity contribution in [2.75, 3.05) is 5.32 Å². The van der Waals surface area contributed by atoms with Gasteiger partial charge in [0.2, 0.25) is 0 Å². The zero-order valence-corrected chi connectivity index (χ0v) is 14.0. The topological polar surface area (TPSA) is 32.3 Å². The molecule has 2 aromatic rings. The Labute approximate surface area is 138 Å². The van der Waals surface area contributed by atoms with E-state index in [-0.39, 0.29) is 23.5 Å². The third-order valence-electron chi connectivity index (χ3n) is 4.69. The van der Waals surface area contributed by atoms with Crippen molar-refractivity contribution in [1.29, 1.82) is 0 Å². The van der Waals surface area contributed by atoms with Gasteiger partial charge in [0.15, 0.2) is 0 Å². The van der Waals surface area contributed by atoms with Crippen LogP contribution in [-0.4, -0.2) is 17.0 Å². The predicted molar refractivity (Wildman–Crippen MR) is 94.3 cm³/mol. The second-order valence-corrected chi connectivity index (χ2v) is 7.06. The summed E-state index contributed by atoms with van der Waals surface area (Å²) in [6.45, 7) is 6.63. The maximum Gasteiger partial charge on any atom is 0.322 e. The molecule has 23 heavy (non-hydrogen) atoms. The Kier molecular flexibility index (Phi) is 4.12. The third kappa shape index (κ3) is 3.09. The van der Waals surface area contributed by atoms with E-state index in [0.29, 0.717) is 0 Å². The molecule has 2 aromatic carbocycles. The zero-order chi connectivity index (χ0) is 16.4. The van der Waals surface area contributed by atoms with Gasteiger partial charge in [-0.1, -0.05) is 62.4 Å². The first-order valence-corrected chi connectivity index (χ1v) is 8.18. The van der Waals surface area contributed by atoms with Crippen LogP contribution in [0.15, 0.2) is 60.7 Å². The summed E-state index contributed by atoms with van der Waals surface area (Å²) in [5.74, 6) is 0. The van der Waals surface area contributed by atoms with E-state index in [1.54, 1.807) is 0 Å². The second-order valence-electron chi connectivity index (χ2n) is 7.06. The number of benzene rings is 2. The molecule has 2 unspecified atom stereocenters. The molecule has 120 valence electrons. The van der Waals surface area contributed by atoms with E-state index in [1.807, 2.05) is 53.4 Å². The Morgan fingerprint density at radius 1 is 1.04 bits per heavy atom. The lowest BCUT2D eigenvalue weighted by Gasteiger charge is -2.34. The van der Waals surface area contributed by atoms with Gasteiger partial charge in [-0.25, -0.2) is 4.79 Å². The molecule has 1 N–H and O–H groups in total. The smallest absolute Gasteiger partial charge is 0.314 e. The van der Waals surface area contributed by atoms with Crippen LogP contribution in [0.4, 0.5) is 10.5 Å². The maximum atomic E-state index is 12.9. The molecule has 0 spiro atoms. The van der Waals surface area contributed by atoms with Crippen molar-refractivity contribution >= 4 is 11.7 Å². The number of amides is 2. The van der Waals surface area contributed by atoms with E-state index < -0.39 is 0 Å². The number of hydrogen-bond acceptors (Lipinski definition) is 1. The van der Waals surface area contributed by atoms with Crippen LogP contribution in [0.25, 0.3) is 0 Å². The standard InChI is InChI=1S/C20H24N2O/c1-15-14-20(2,3)18(16-10-6-4-7-11-16)22(15)19(23)21-17-12-8-5-9-13-17/h4-13,15,18H,14H2,1-3H3,(H,21,23). The quantitative estimate of drug-likeness (QED) is 0.824. The largest absolute Gasteiger partial charge is 0.322 e. The summed E-state index contributed by atoms with van der Waals surface area (Å²) in [5.41, 5.74) is 2.08. The molecule has 1 aliphatic rings. The normalized spacial score (nSPS) is 22.8. The molecule has 0 aliphatic carbocycles. The fourth-order valence-electron chi connectivity index (χ4n) is 3.88. The van der Waals surface area contributed by atoms with Gasteiger partial charge < -0.3 is 10.2 Å². The Morgan fingerprint density at radius 3 is 2.22 bits per heavy atom. The maximum absolute atomic E-state index is 12.9. The summed E-state index contributed by atoms with van der Waals surface area (Å²) in [6, 6.07) is 20.3. The number of para-hydroxylation sites is 1. The molecule has 0 saturated carbocycles. The Bertz CT molecular complexity index is 667. The highest BCUT2D eigenvalue weighted by Crippen LogP contribution is 2.49. The summed E-state index contributed by atoms with van der Waals surface area (Å²) < 4.78 is 0. The number of rotatable bonds is 2. The summed E-state index contributed by atoms with van der Waals surface area (Å²) in [5, 5.41) is 3.04. The molecule has 3 nitrogen and oxygen atoms in total. The minimum atomic E-state index is -0.0249. The number of likely N-dealkylation sites (tertiary alicyclic amines) is 1. The molecule has 1 saturated heterocycles. The first kappa shape index (κ1) is 15.6. The summed E-state index contributed by atoms with van der Waals surface area (Å²) in [7, 11) is 0. The number of nitrogens with one attached hydrogen (secondary N) is 1. The Morgan fingerprint density at radius 2 is 1.61 bits per heavy atom. The van der Waals surface area contributed by atoms with Gasteiger partial charge in [0.25, 0.3) is 0 Å². The molecule has 2 amide bonds. The van der Waals surface area contributed by atoms with Gasteiger partial charge in [0, 0.05) is 11.7 Å². The van der Waals surface area contributed by atoms with Crippen LogP contribution in [0.3, 0.4) is 0 Å². The van der Waals surface area contributed by atoms with Crippen LogP contribution in [-0.2, 0) is 0 Å². The zero-order valence-electron chi connectivity index (χ0n) is 14.0. The lowest BCUT2D eigenvalue weighted by atomic mass is 9.80. The average molecular weight is 308 g/mol. The molecular weight excluding hydrogens is 284 g/mol. The van der Waals surface area contributed by atoms with E-state index in [9.17, 15) is 4.79 Å². The van der Waals surface area contributed by atoms with Gasteiger partial charge in [0.1, 0.15) is 0 Å². The molecule has 1 heterocycles. The van der Waals surface area contributed by atoms with E-state index in [1.165, 1.54) is 5.56 Å². The molecule has 3 rings (SSSR count). The van der Waals surface area contributed by atoms with Crippen molar-refractivity contribution < 1.29 is 4.79 Å². The van der Waals surface area contributed by atoms with Crippen molar-refractivity contribution in [2.24, 2.45) is 5.41 Å². The highest BCUT2D eigenvalue weighted by Gasteiger charge is 2.47. The first-order chi connectivity index (χ1) is 11.0. The van der Waals surface area contributed by atoms with Crippen LogP contribution >= 0.6 is 0 Å². The van der Waals surface area contributed by atoms with Crippen molar-refractivity contribution in [3.05, 3.63) is 66.2 Å². The van der Waals surface area contributed by atoms with Crippen LogP contribution in [0.5, 0.6) is 0 Å². The first-order valence-electron chi connectivity index (χ1n) is 8.18. The summed E-state index contributed by atoms with van der Waals surface area (Å²) in [6.07, 6.45) is 0.995. The number of urea groups is 1. The van der Waals surface area contributed by atoms with Gasteiger partial charge >= 0.3 is 6.03 Å². The van der Waals surface area contributed by atoms with E-state index in [4.69, 9.17) is 0 Å². The SMILES string of the molecule is CC1CC(C)(C)C(c2ccccc2)N1C(=O)Nc1ccccc1. The average Bonchev–Trinajstić information content (AvgIpc) is 2.78. The van der Waals surface area contributed by atoms with Gasteiger partial charge in [0.05, 0.1) is 6.04 Å². The molecular formula is C20H24N2O. The van der Waals surface area contributed by atoms with Crippen molar-refractivity contribution in [2.45, 2.75) is 39.3 Å². The van der Waals surface area contributed by atoms with Crippen LogP contribution in [0, 0.1) is 5.41 Å². The number of hydrogen-bond donors (Lipinski definition) is 1. The highest BCUT2D eigenvalue weighted by atomic mass is 16.2. The predicted octanol–water partition coefficient (Wildman–Crippen LogP) is 5.08. The number of carbonyl (C=O) groups is 1. The second kappa shape index (κ2) is 6.07. The molecule has 0 aromatic heterocycles. The molecule has 2 atom stereocenters. The van der Waals surface area contributed by atoms with Crippen LogP contribution < -0.4 is 5.32 Å². The minimum Gasteiger partial charge on any atom is -0.314 e. The van der Waals surface area contributed by atoms with E-state index in [2.05, 4.69) is 38.2 Å². The van der Waals surface area contributed by atoms with Crippen molar-refractivity contribution in [1.82, 2.24) is 4.90 Å². The van der Waals surface area contributed by atoms with Crippen LogP contribution in [0.2, 0.25) is 0 Å². The molecule has 1 aliphatic heterocycles. The lowest BCUT2D eigenvalue weighted by Crippen LogP contribution is -2.40. The molecule has 0 radical (unpaired) electrons.